The average molecular weight is 232 g/mol. The van der Waals surface area contributed by atoms with Crippen molar-refractivity contribution in [2.45, 2.75) is 38.7 Å². The van der Waals surface area contributed by atoms with E-state index in [1.165, 1.54) is 0 Å². The van der Waals surface area contributed by atoms with Gasteiger partial charge in [0.05, 0.1) is 12.0 Å². The molecule has 17 heavy (non-hydrogen) atoms. The summed E-state index contributed by atoms with van der Waals surface area (Å²) >= 11 is 0. The Hall–Kier alpha value is -1.15. The molecule has 2 nitrogen and oxygen atoms in total. The van der Waals surface area contributed by atoms with Crippen LogP contribution in [0.5, 0.6) is 0 Å². The van der Waals surface area contributed by atoms with Gasteiger partial charge in [0.25, 0.3) is 0 Å². The molecule has 1 saturated carbocycles. The number of hydrogen-bond acceptors (Lipinski definition) is 2. The molecule has 0 unspecified atom stereocenters. The maximum Gasteiger partial charge on any atom is 0.139 e. The lowest BCUT2D eigenvalue weighted by atomic mass is 9.72. The first-order chi connectivity index (χ1) is 8.24. The third-order valence-corrected chi connectivity index (χ3v) is 3.88. The van der Waals surface area contributed by atoms with E-state index in [0.29, 0.717) is 12.3 Å². The second-order valence-corrected chi connectivity index (χ2v) is 4.91. The van der Waals surface area contributed by atoms with Gasteiger partial charge in [-0.15, -0.1) is 0 Å². The fourth-order valence-electron chi connectivity index (χ4n) is 2.90. The Morgan fingerprint density at radius 2 is 2.06 bits per heavy atom. The Labute approximate surface area is 103 Å². The molecule has 1 N–H and O–H groups in total. The summed E-state index contributed by atoms with van der Waals surface area (Å²) < 4.78 is 0. The van der Waals surface area contributed by atoms with E-state index in [1.807, 2.05) is 30.3 Å². The molecule has 0 saturated heterocycles. The highest BCUT2D eigenvalue weighted by Crippen LogP contribution is 2.38. The molecule has 0 spiro atoms. The number of ketones is 1. The number of rotatable bonds is 3. The number of carbonyl (C=O) groups is 1. The zero-order chi connectivity index (χ0) is 12.3. The highest BCUT2D eigenvalue weighted by molar-refractivity contribution is 5.82. The van der Waals surface area contributed by atoms with Crippen LogP contribution in [0.1, 0.15) is 44.3 Å². The minimum atomic E-state index is -0.631. The van der Waals surface area contributed by atoms with E-state index in [0.717, 1.165) is 24.8 Å². The molecule has 0 bridgehead atoms. The van der Waals surface area contributed by atoms with Gasteiger partial charge in [0, 0.05) is 6.42 Å². The SMILES string of the molecule is CC[C@@H]1CCCC(=O)[C@@H]1[C@H](O)c1ccccc1. The molecule has 2 heteroatoms. The molecule has 2 rings (SSSR count). The van der Waals surface area contributed by atoms with Gasteiger partial charge in [0.15, 0.2) is 0 Å². The summed E-state index contributed by atoms with van der Waals surface area (Å²) in [7, 11) is 0. The molecule has 0 aromatic heterocycles. The predicted octanol–water partition coefficient (Wildman–Crippen LogP) is 3.12. The van der Waals surface area contributed by atoms with Gasteiger partial charge >= 0.3 is 0 Å². The average Bonchev–Trinajstić information content (AvgIpc) is 2.38. The van der Waals surface area contributed by atoms with Gasteiger partial charge in [-0.3, -0.25) is 4.79 Å². The molecule has 0 heterocycles. The van der Waals surface area contributed by atoms with Crippen molar-refractivity contribution in [3.63, 3.8) is 0 Å². The second-order valence-electron chi connectivity index (χ2n) is 4.91. The Bertz CT molecular complexity index is 372. The first-order valence-corrected chi connectivity index (χ1v) is 6.49. The molecule has 0 radical (unpaired) electrons. The van der Waals surface area contributed by atoms with E-state index in [4.69, 9.17) is 0 Å². The molecule has 1 aliphatic carbocycles. The highest BCUT2D eigenvalue weighted by atomic mass is 16.3. The van der Waals surface area contributed by atoms with Crippen LogP contribution in [0.15, 0.2) is 30.3 Å². The van der Waals surface area contributed by atoms with Gasteiger partial charge in [0.1, 0.15) is 5.78 Å². The lowest BCUT2D eigenvalue weighted by Gasteiger charge is -2.33. The summed E-state index contributed by atoms with van der Waals surface area (Å²) in [4.78, 5) is 12.0. The maximum absolute atomic E-state index is 12.0. The predicted molar refractivity (Wildman–Crippen MR) is 67.5 cm³/mol. The third-order valence-electron chi connectivity index (χ3n) is 3.88. The molecule has 1 fully saturated rings. The summed E-state index contributed by atoms with van der Waals surface area (Å²) in [6.45, 7) is 2.11. The van der Waals surface area contributed by atoms with Crippen LogP contribution >= 0.6 is 0 Å². The first-order valence-electron chi connectivity index (χ1n) is 6.49. The summed E-state index contributed by atoms with van der Waals surface area (Å²) in [5.41, 5.74) is 0.867. The normalized spacial score (nSPS) is 26.8. The first kappa shape index (κ1) is 12.3. The van der Waals surface area contributed by atoms with Crippen LogP contribution < -0.4 is 0 Å². The quantitative estimate of drug-likeness (QED) is 0.869. The molecular formula is C15H20O2. The van der Waals surface area contributed by atoms with Gasteiger partial charge in [-0.1, -0.05) is 43.7 Å². The van der Waals surface area contributed by atoms with E-state index in [-0.39, 0.29) is 11.7 Å². The van der Waals surface area contributed by atoms with Crippen molar-refractivity contribution < 1.29 is 9.90 Å². The zero-order valence-corrected chi connectivity index (χ0v) is 10.3. The van der Waals surface area contributed by atoms with Crippen molar-refractivity contribution in [1.82, 2.24) is 0 Å². The number of aliphatic hydroxyl groups excluding tert-OH is 1. The van der Waals surface area contributed by atoms with E-state index >= 15 is 0 Å². The number of Topliss-reactive ketones (excluding diaryl/α,β-unsaturated/α-hetero) is 1. The molecule has 0 aliphatic heterocycles. The van der Waals surface area contributed by atoms with Gasteiger partial charge in [0.2, 0.25) is 0 Å². The molecule has 1 aromatic rings. The van der Waals surface area contributed by atoms with Gasteiger partial charge in [-0.25, -0.2) is 0 Å². The molecule has 1 aliphatic rings. The fourth-order valence-corrected chi connectivity index (χ4v) is 2.90. The second kappa shape index (κ2) is 5.46. The lowest BCUT2D eigenvalue weighted by molar-refractivity contribution is -0.132. The van der Waals surface area contributed by atoms with Crippen molar-refractivity contribution >= 4 is 5.78 Å². The Kier molecular flexibility index (Phi) is 3.95. The summed E-state index contributed by atoms with van der Waals surface area (Å²) in [5.74, 6) is 0.377. The van der Waals surface area contributed by atoms with Crippen LogP contribution in [-0.2, 0) is 4.79 Å². The molecule has 92 valence electrons. The number of benzene rings is 1. The molecule has 1 aromatic carbocycles. The minimum Gasteiger partial charge on any atom is -0.388 e. The van der Waals surface area contributed by atoms with Crippen LogP contribution in [-0.4, -0.2) is 10.9 Å². The molecular weight excluding hydrogens is 212 g/mol. The van der Waals surface area contributed by atoms with Crippen LogP contribution in [0.2, 0.25) is 0 Å². The fraction of sp³-hybridized carbons (Fsp3) is 0.533. The largest absolute Gasteiger partial charge is 0.388 e. The van der Waals surface area contributed by atoms with E-state index in [1.54, 1.807) is 0 Å². The highest BCUT2D eigenvalue weighted by Gasteiger charge is 2.36. The van der Waals surface area contributed by atoms with Crippen LogP contribution in [0.4, 0.5) is 0 Å². The smallest absolute Gasteiger partial charge is 0.139 e. The van der Waals surface area contributed by atoms with E-state index < -0.39 is 6.10 Å². The zero-order valence-electron chi connectivity index (χ0n) is 10.3. The standard InChI is InChI=1S/C15H20O2/c1-2-11-9-6-10-13(16)14(11)15(17)12-7-4-3-5-8-12/h3-5,7-8,11,14-15,17H,2,6,9-10H2,1H3/t11-,14-,15-/m1/s1. The van der Waals surface area contributed by atoms with Crippen LogP contribution in [0.25, 0.3) is 0 Å². The summed E-state index contributed by atoms with van der Waals surface area (Å²) in [6.07, 6.45) is 3.02. The van der Waals surface area contributed by atoms with E-state index in [9.17, 15) is 9.90 Å². The maximum atomic E-state index is 12.0. The van der Waals surface area contributed by atoms with Crippen molar-refractivity contribution in [2.24, 2.45) is 11.8 Å². The number of hydrogen-bond donors (Lipinski definition) is 1. The number of aliphatic hydroxyl groups is 1. The van der Waals surface area contributed by atoms with Gasteiger partial charge < -0.3 is 5.11 Å². The third kappa shape index (κ3) is 2.58. The summed E-state index contributed by atoms with van der Waals surface area (Å²) in [5, 5.41) is 10.4. The van der Waals surface area contributed by atoms with E-state index in [2.05, 4.69) is 6.92 Å². The molecule has 3 atom stereocenters. The minimum absolute atomic E-state index is 0.198. The van der Waals surface area contributed by atoms with Gasteiger partial charge in [-0.05, 0) is 24.3 Å². The van der Waals surface area contributed by atoms with Crippen LogP contribution in [0, 0.1) is 11.8 Å². The van der Waals surface area contributed by atoms with Crippen molar-refractivity contribution in [2.75, 3.05) is 0 Å². The lowest BCUT2D eigenvalue weighted by Crippen LogP contribution is -2.33. The van der Waals surface area contributed by atoms with Crippen molar-refractivity contribution in [3.05, 3.63) is 35.9 Å². The Morgan fingerprint density at radius 3 is 2.71 bits per heavy atom. The Morgan fingerprint density at radius 1 is 1.35 bits per heavy atom. The van der Waals surface area contributed by atoms with Crippen LogP contribution in [0.3, 0.4) is 0 Å². The summed E-state index contributed by atoms with van der Waals surface area (Å²) in [6, 6.07) is 9.55. The Balaban J connectivity index is 2.21. The molecule has 0 amide bonds. The monoisotopic (exact) mass is 232 g/mol. The topological polar surface area (TPSA) is 37.3 Å². The van der Waals surface area contributed by atoms with Crippen molar-refractivity contribution in [3.8, 4) is 0 Å². The van der Waals surface area contributed by atoms with Crippen molar-refractivity contribution in [1.29, 1.82) is 0 Å². The van der Waals surface area contributed by atoms with Gasteiger partial charge in [-0.2, -0.15) is 0 Å². The number of carbonyl (C=O) groups excluding carboxylic acids is 1.